The lowest BCUT2D eigenvalue weighted by atomic mass is 9.77. The number of rotatable bonds is 8. The first-order valence-corrected chi connectivity index (χ1v) is 7.96. The Morgan fingerprint density at radius 2 is 1.82 bits per heavy atom. The quantitative estimate of drug-likeness (QED) is 0.691. The molecule has 1 rings (SSSR count). The van der Waals surface area contributed by atoms with Crippen molar-refractivity contribution in [3.8, 4) is 0 Å². The number of nitrogens with one attached hydrogen (secondary N) is 2. The molecule has 0 aliphatic rings. The minimum Gasteiger partial charge on any atom is -0.383 e. The van der Waals surface area contributed by atoms with Crippen LogP contribution in [0.2, 0.25) is 0 Å². The molecule has 4 nitrogen and oxygen atoms in total. The molecule has 0 saturated heterocycles. The van der Waals surface area contributed by atoms with Gasteiger partial charge in [-0.15, -0.1) is 0 Å². The minimum absolute atomic E-state index is 0.145. The maximum absolute atomic E-state index is 12.3. The molecule has 2 atom stereocenters. The Kier molecular flexibility index (Phi) is 7.04. The smallest absolute Gasteiger partial charge is 0.249 e. The van der Waals surface area contributed by atoms with Crippen molar-refractivity contribution in [1.29, 1.82) is 0 Å². The van der Waals surface area contributed by atoms with E-state index in [1.807, 2.05) is 51.2 Å². The number of aliphatic hydroxyl groups is 1. The van der Waals surface area contributed by atoms with Crippen LogP contribution in [-0.4, -0.2) is 29.7 Å². The lowest BCUT2D eigenvalue weighted by Gasteiger charge is -2.37. The van der Waals surface area contributed by atoms with Gasteiger partial charge in [-0.25, -0.2) is 0 Å². The molecule has 0 aliphatic carbocycles. The van der Waals surface area contributed by atoms with Crippen LogP contribution in [0.3, 0.4) is 0 Å². The molecule has 0 unspecified atom stereocenters. The van der Waals surface area contributed by atoms with Gasteiger partial charge in [0.15, 0.2) is 0 Å². The molecule has 0 fully saturated rings. The van der Waals surface area contributed by atoms with Crippen LogP contribution in [-0.2, 0) is 11.3 Å². The highest BCUT2D eigenvalue weighted by Gasteiger charge is 2.37. The molecule has 1 aromatic rings. The SMILES string of the molecule is CNC(C)(C)[C@@H](CC(C)C)[C@@H](O)C(=O)NCc1ccccc1. The summed E-state index contributed by atoms with van der Waals surface area (Å²) < 4.78 is 0. The standard InChI is InChI=1S/C18H30N2O2/c1-13(2)11-15(18(3,4)19-5)16(21)17(22)20-12-14-9-7-6-8-10-14/h6-10,13,15-16,19,21H,11-12H2,1-5H3,(H,20,22)/t15-,16+/m0/s1. The Bertz CT molecular complexity index is 457. The maximum atomic E-state index is 12.3. The molecule has 0 saturated carbocycles. The normalized spacial score (nSPS) is 14.7. The molecule has 1 aromatic carbocycles. The van der Waals surface area contributed by atoms with Gasteiger partial charge >= 0.3 is 0 Å². The molecule has 0 heterocycles. The third-order valence-electron chi connectivity index (χ3n) is 4.26. The van der Waals surface area contributed by atoms with Crippen LogP contribution in [0, 0.1) is 11.8 Å². The van der Waals surface area contributed by atoms with E-state index in [-0.39, 0.29) is 17.4 Å². The van der Waals surface area contributed by atoms with Crippen LogP contribution in [0.25, 0.3) is 0 Å². The Balaban J connectivity index is 2.71. The van der Waals surface area contributed by atoms with Crippen molar-refractivity contribution >= 4 is 5.91 Å². The van der Waals surface area contributed by atoms with Gasteiger partial charge < -0.3 is 15.7 Å². The largest absolute Gasteiger partial charge is 0.383 e. The third-order valence-corrected chi connectivity index (χ3v) is 4.26. The second-order valence-electron chi connectivity index (χ2n) is 6.86. The predicted octanol–water partition coefficient (Wildman–Crippen LogP) is 2.32. The van der Waals surface area contributed by atoms with Gasteiger partial charge in [0.05, 0.1) is 0 Å². The molecular formula is C18H30N2O2. The highest BCUT2D eigenvalue weighted by molar-refractivity contribution is 5.81. The first-order chi connectivity index (χ1) is 10.3. The van der Waals surface area contributed by atoms with Crippen molar-refractivity contribution in [3.63, 3.8) is 0 Å². The molecule has 0 aliphatic heterocycles. The van der Waals surface area contributed by atoms with Gasteiger partial charge in [-0.1, -0.05) is 44.2 Å². The molecule has 4 heteroatoms. The zero-order chi connectivity index (χ0) is 16.8. The van der Waals surface area contributed by atoms with E-state index in [0.717, 1.165) is 12.0 Å². The molecule has 22 heavy (non-hydrogen) atoms. The summed E-state index contributed by atoms with van der Waals surface area (Å²) in [5.41, 5.74) is 0.713. The van der Waals surface area contributed by atoms with E-state index in [1.54, 1.807) is 0 Å². The summed E-state index contributed by atoms with van der Waals surface area (Å²) in [6, 6.07) is 9.72. The fourth-order valence-corrected chi connectivity index (χ4v) is 2.58. The fraction of sp³-hybridized carbons (Fsp3) is 0.611. The van der Waals surface area contributed by atoms with Gasteiger partial charge in [0, 0.05) is 18.0 Å². The van der Waals surface area contributed by atoms with Gasteiger partial charge in [-0.2, -0.15) is 0 Å². The summed E-state index contributed by atoms with van der Waals surface area (Å²) in [5, 5.41) is 16.6. The van der Waals surface area contributed by atoms with Crippen LogP contribution >= 0.6 is 0 Å². The summed E-state index contributed by atoms with van der Waals surface area (Å²) in [6.07, 6.45) is -0.234. The van der Waals surface area contributed by atoms with Crippen molar-refractivity contribution in [3.05, 3.63) is 35.9 Å². The molecule has 0 aromatic heterocycles. The highest BCUT2D eigenvalue weighted by Crippen LogP contribution is 2.27. The van der Waals surface area contributed by atoms with E-state index in [9.17, 15) is 9.90 Å². The minimum atomic E-state index is -1.02. The van der Waals surface area contributed by atoms with E-state index >= 15 is 0 Å². The number of carbonyl (C=O) groups excluding carboxylic acids is 1. The number of amides is 1. The van der Waals surface area contributed by atoms with E-state index in [4.69, 9.17) is 0 Å². The van der Waals surface area contributed by atoms with Gasteiger partial charge in [-0.05, 0) is 38.8 Å². The summed E-state index contributed by atoms with van der Waals surface area (Å²) >= 11 is 0. The molecule has 1 amide bonds. The van der Waals surface area contributed by atoms with Crippen LogP contribution in [0.15, 0.2) is 30.3 Å². The van der Waals surface area contributed by atoms with Crippen molar-refractivity contribution < 1.29 is 9.90 Å². The molecule has 0 bridgehead atoms. The first-order valence-electron chi connectivity index (χ1n) is 7.96. The van der Waals surface area contributed by atoms with Crippen LogP contribution < -0.4 is 10.6 Å². The summed E-state index contributed by atoms with van der Waals surface area (Å²) in [6.45, 7) is 8.69. The van der Waals surface area contributed by atoms with E-state index in [2.05, 4.69) is 24.5 Å². The van der Waals surface area contributed by atoms with Crippen LogP contribution in [0.5, 0.6) is 0 Å². The monoisotopic (exact) mass is 306 g/mol. The number of hydrogen-bond donors (Lipinski definition) is 3. The van der Waals surface area contributed by atoms with Crippen molar-refractivity contribution in [1.82, 2.24) is 10.6 Å². The average molecular weight is 306 g/mol. The van der Waals surface area contributed by atoms with Crippen LogP contribution in [0.4, 0.5) is 0 Å². The third kappa shape index (κ3) is 5.43. The highest BCUT2D eigenvalue weighted by atomic mass is 16.3. The van der Waals surface area contributed by atoms with Gasteiger partial charge in [0.25, 0.3) is 0 Å². The molecule has 0 spiro atoms. The second kappa shape index (κ2) is 8.30. The fourth-order valence-electron chi connectivity index (χ4n) is 2.58. The van der Waals surface area contributed by atoms with Gasteiger partial charge in [-0.3, -0.25) is 4.79 Å². The molecule has 3 N–H and O–H groups in total. The Labute approximate surface area is 134 Å². The summed E-state index contributed by atoms with van der Waals surface area (Å²) in [5.74, 6) is -0.0414. The van der Waals surface area contributed by atoms with Crippen molar-refractivity contribution in [2.75, 3.05) is 7.05 Å². The number of carbonyl (C=O) groups is 1. The second-order valence-corrected chi connectivity index (χ2v) is 6.86. The topological polar surface area (TPSA) is 61.4 Å². The van der Waals surface area contributed by atoms with Gasteiger partial charge in [0.2, 0.25) is 5.91 Å². The molecule has 0 radical (unpaired) electrons. The average Bonchev–Trinajstić information content (AvgIpc) is 2.50. The van der Waals surface area contributed by atoms with E-state index < -0.39 is 6.10 Å². The van der Waals surface area contributed by atoms with Crippen molar-refractivity contribution in [2.45, 2.75) is 52.3 Å². The maximum Gasteiger partial charge on any atom is 0.249 e. The number of hydrogen-bond acceptors (Lipinski definition) is 3. The van der Waals surface area contributed by atoms with Crippen LogP contribution in [0.1, 0.15) is 39.7 Å². The Morgan fingerprint density at radius 3 is 2.32 bits per heavy atom. The Hall–Kier alpha value is -1.39. The van der Waals surface area contributed by atoms with Gasteiger partial charge in [0.1, 0.15) is 6.10 Å². The zero-order valence-corrected chi connectivity index (χ0v) is 14.4. The lowest BCUT2D eigenvalue weighted by Crippen LogP contribution is -2.53. The Morgan fingerprint density at radius 1 is 1.23 bits per heavy atom. The zero-order valence-electron chi connectivity index (χ0n) is 14.4. The molecule has 124 valence electrons. The predicted molar refractivity (Wildman–Crippen MR) is 90.4 cm³/mol. The summed E-state index contributed by atoms with van der Waals surface area (Å²) in [7, 11) is 1.86. The first kappa shape index (κ1) is 18.7. The lowest BCUT2D eigenvalue weighted by molar-refractivity contribution is -0.134. The number of aliphatic hydroxyl groups excluding tert-OH is 1. The number of benzene rings is 1. The van der Waals surface area contributed by atoms with E-state index in [1.165, 1.54) is 0 Å². The van der Waals surface area contributed by atoms with E-state index in [0.29, 0.717) is 12.5 Å². The van der Waals surface area contributed by atoms with Crippen molar-refractivity contribution in [2.24, 2.45) is 11.8 Å². The summed E-state index contributed by atoms with van der Waals surface area (Å²) in [4.78, 5) is 12.3. The molecular weight excluding hydrogens is 276 g/mol.